The summed E-state index contributed by atoms with van der Waals surface area (Å²) in [5.41, 5.74) is 2.00. The Kier molecular flexibility index (Phi) is 5.61. The first-order chi connectivity index (χ1) is 15.2. The first-order valence-corrected chi connectivity index (χ1v) is 11.4. The van der Waals surface area contributed by atoms with Crippen LogP contribution in [0.15, 0.2) is 69.7 Å². The molecular formula is C24H25N3O3S. The van der Waals surface area contributed by atoms with E-state index < -0.39 is 0 Å². The zero-order valence-electron chi connectivity index (χ0n) is 17.4. The van der Waals surface area contributed by atoms with Crippen molar-refractivity contribution >= 4 is 23.0 Å². The van der Waals surface area contributed by atoms with Gasteiger partial charge in [0.2, 0.25) is 0 Å². The van der Waals surface area contributed by atoms with Crippen LogP contribution in [0.25, 0.3) is 0 Å². The fourth-order valence-electron chi connectivity index (χ4n) is 4.00. The average molecular weight is 436 g/mol. The van der Waals surface area contributed by atoms with Gasteiger partial charge in [0.25, 0.3) is 5.91 Å². The number of benzene rings is 1. The molecule has 0 spiro atoms. The summed E-state index contributed by atoms with van der Waals surface area (Å²) in [7, 11) is 1.67. The van der Waals surface area contributed by atoms with Gasteiger partial charge in [0.15, 0.2) is 0 Å². The second-order valence-corrected chi connectivity index (χ2v) is 8.96. The van der Waals surface area contributed by atoms with Gasteiger partial charge < -0.3 is 9.15 Å². The molecule has 2 aromatic heterocycles. The minimum atomic E-state index is -0.0744. The normalized spacial score (nSPS) is 18.5. The molecule has 1 aromatic carbocycles. The molecule has 31 heavy (non-hydrogen) atoms. The fourth-order valence-corrected chi connectivity index (χ4v) is 4.81. The number of carbonyl (C=O) groups excluding carboxylic acids is 1. The summed E-state index contributed by atoms with van der Waals surface area (Å²) in [6.07, 6.45) is 4.59. The van der Waals surface area contributed by atoms with Crippen molar-refractivity contribution in [2.45, 2.75) is 37.9 Å². The maximum atomic E-state index is 13.4. The number of carbonyl (C=O) groups is 1. The lowest BCUT2D eigenvalue weighted by Gasteiger charge is -2.26. The van der Waals surface area contributed by atoms with Crippen molar-refractivity contribution in [2.24, 2.45) is 5.10 Å². The van der Waals surface area contributed by atoms with E-state index in [-0.39, 0.29) is 11.9 Å². The molecule has 160 valence electrons. The zero-order valence-corrected chi connectivity index (χ0v) is 18.3. The van der Waals surface area contributed by atoms with E-state index in [1.54, 1.807) is 29.7 Å². The second-order valence-electron chi connectivity index (χ2n) is 7.98. The van der Waals surface area contributed by atoms with Gasteiger partial charge in [0.1, 0.15) is 17.2 Å². The Morgan fingerprint density at radius 2 is 2.06 bits per heavy atom. The maximum Gasteiger partial charge on any atom is 0.257 e. The van der Waals surface area contributed by atoms with Gasteiger partial charge >= 0.3 is 0 Å². The van der Waals surface area contributed by atoms with Crippen LogP contribution in [0.3, 0.4) is 0 Å². The Balaban J connectivity index is 1.34. The fraction of sp³-hybridized carbons (Fsp3) is 0.333. The van der Waals surface area contributed by atoms with Crippen LogP contribution in [0, 0.1) is 0 Å². The minimum Gasteiger partial charge on any atom is -0.497 e. The first kappa shape index (κ1) is 20.0. The van der Waals surface area contributed by atoms with Crippen LogP contribution >= 0.6 is 11.3 Å². The van der Waals surface area contributed by atoms with Crippen LogP contribution in [0.5, 0.6) is 5.75 Å². The molecule has 3 aromatic rings. The van der Waals surface area contributed by atoms with Gasteiger partial charge in [0, 0.05) is 23.9 Å². The lowest BCUT2D eigenvalue weighted by molar-refractivity contribution is -0.134. The van der Waals surface area contributed by atoms with Gasteiger partial charge in [-0.25, -0.2) is 5.01 Å². The molecule has 5 rings (SSSR count). The smallest absolute Gasteiger partial charge is 0.257 e. The third-order valence-corrected chi connectivity index (χ3v) is 6.76. The Hall–Kier alpha value is -2.90. The molecule has 1 unspecified atom stereocenters. The van der Waals surface area contributed by atoms with Gasteiger partial charge in [0.05, 0.1) is 26.0 Å². The summed E-state index contributed by atoms with van der Waals surface area (Å²) in [6, 6.07) is 16.3. The number of hydrazone groups is 1. The van der Waals surface area contributed by atoms with Crippen molar-refractivity contribution in [1.29, 1.82) is 0 Å². The quantitative estimate of drug-likeness (QED) is 0.515. The summed E-state index contributed by atoms with van der Waals surface area (Å²) >= 11 is 1.66. The highest BCUT2D eigenvalue weighted by molar-refractivity contribution is 7.10. The topological polar surface area (TPSA) is 58.3 Å². The lowest BCUT2D eigenvalue weighted by Crippen LogP contribution is -2.38. The van der Waals surface area contributed by atoms with E-state index >= 15 is 0 Å². The van der Waals surface area contributed by atoms with Crippen molar-refractivity contribution in [3.05, 3.63) is 76.4 Å². The molecule has 0 saturated heterocycles. The van der Waals surface area contributed by atoms with Gasteiger partial charge in [-0.15, -0.1) is 11.3 Å². The Morgan fingerprint density at radius 1 is 1.23 bits per heavy atom. The summed E-state index contributed by atoms with van der Waals surface area (Å²) in [4.78, 5) is 16.8. The second kappa shape index (κ2) is 8.69. The van der Waals surface area contributed by atoms with E-state index in [1.807, 2.05) is 35.7 Å². The van der Waals surface area contributed by atoms with Crippen LogP contribution < -0.4 is 4.74 Å². The molecule has 0 bridgehead atoms. The molecule has 1 aliphatic carbocycles. The Bertz CT molecular complexity index is 1040. The minimum absolute atomic E-state index is 0.0281. The standard InChI is InChI=1S/C24H25N3O3S/c1-29-19-10-6-17(7-11-19)15-26(18-8-9-18)16-24(28)27-21(23-5-3-13-31-23)14-20(25-27)22-4-2-12-30-22/h2-7,10-13,18,21H,8-9,14-16H2,1H3. The van der Waals surface area contributed by atoms with Crippen LogP contribution in [-0.4, -0.2) is 41.2 Å². The first-order valence-electron chi connectivity index (χ1n) is 10.5. The molecular weight excluding hydrogens is 410 g/mol. The van der Waals surface area contributed by atoms with E-state index in [1.165, 1.54) is 5.56 Å². The molecule has 1 aliphatic heterocycles. The number of nitrogens with zero attached hydrogens (tertiary/aromatic N) is 3. The third kappa shape index (κ3) is 4.43. The number of thiophene rings is 1. The number of amides is 1. The van der Waals surface area contributed by atoms with Crippen molar-refractivity contribution in [2.75, 3.05) is 13.7 Å². The van der Waals surface area contributed by atoms with Crippen LogP contribution in [0.4, 0.5) is 0 Å². The lowest BCUT2D eigenvalue weighted by atomic mass is 10.1. The van der Waals surface area contributed by atoms with Gasteiger partial charge in [-0.05, 0) is 54.1 Å². The maximum absolute atomic E-state index is 13.4. The van der Waals surface area contributed by atoms with Crippen LogP contribution in [0.2, 0.25) is 0 Å². The molecule has 7 heteroatoms. The number of hydrogen-bond acceptors (Lipinski definition) is 6. The van der Waals surface area contributed by atoms with Crippen LogP contribution in [0.1, 0.15) is 41.5 Å². The summed E-state index contributed by atoms with van der Waals surface area (Å²) in [5, 5.41) is 8.42. The number of ether oxygens (including phenoxy) is 1. The number of rotatable bonds is 8. The number of furan rings is 1. The van der Waals surface area contributed by atoms with Gasteiger partial charge in [-0.3, -0.25) is 9.69 Å². The Morgan fingerprint density at radius 3 is 2.71 bits per heavy atom. The summed E-state index contributed by atoms with van der Waals surface area (Å²) in [6.45, 7) is 1.10. The van der Waals surface area contributed by atoms with E-state index in [0.29, 0.717) is 19.0 Å². The van der Waals surface area contributed by atoms with Crippen molar-refractivity contribution in [3.63, 3.8) is 0 Å². The largest absolute Gasteiger partial charge is 0.497 e. The molecule has 0 N–H and O–H groups in total. The van der Waals surface area contributed by atoms with Crippen molar-refractivity contribution in [1.82, 2.24) is 9.91 Å². The predicted octanol–water partition coefficient (Wildman–Crippen LogP) is 4.69. The molecule has 1 saturated carbocycles. The monoisotopic (exact) mass is 435 g/mol. The van der Waals surface area contributed by atoms with Gasteiger partial charge in [-0.1, -0.05) is 18.2 Å². The summed E-state index contributed by atoms with van der Waals surface area (Å²) < 4.78 is 10.8. The predicted molar refractivity (Wildman–Crippen MR) is 120 cm³/mol. The van der Waals surface area contributed by atoms with Crippen LogP contribution in [-0.2, 0) is 11.3 Å². The third-order valence-electron chi connectivity index (χ3n) is 5.79. The van der Waals surface area contributed by atoms with E-state index in [9.17, 15) is 4.79 Å². The summed E-state index contributed by atoms with van der Waals surface area (Å²) in [5.74, 6) is 1.60. The molecule has 1 amide bonds. The highest BCUT2D eigenvalue weighted by Gasteiger charge is 2.37. The molecule has 1 fully saturated rings. The molecule has 3 heterocycles. The highest BCUT2D eigenvalue weighted by atomic mass is 32.1. The molecule has 1 atom stereocenters. The number of methoxy groups -OCH3 is 1. The van der Waals surface area contributed by atoms with E-state index in [2.05, 4.69) is 23.1 Å². The average Bonchev–Trinajstić information content (AvgIpc) is 3.21. The van der Waals surface area contributed by atoms with E-state index in [0.717, 1.165) is 41.5 Å². The van der Waals surface area contributed by atoms with Crippen molar-refractivity contribution in [3.8, 4) is 5.75 Å². The molecule has 2 aliphatic rings. The zero-order chi connectivity index (χ0) is 21.2. The highest BCUT2D eigenvalue weighted by Crippen LogP contribution is 2.36. The van der Waals surface area contributed by atoms with E-state index in [4.69, 9.17) is 14.3 Å². The molecule has 0 radical (unpaired) electrons. The van der Waals surface area contributed by atoms with Crippen molar-refractivity contribution < 1.29 is 13.9 Å². The van der Waals surface area contributed by atoms with Gasteiger partial charge in [-0.2, -0.15) is 5.10 Å². The Labute approximate surface area is 185 Å². The SMILES string of the molecule is COc1ccc(CN(CC(=O)N2N=C(c3ccco3)CC2c2cccs2)C2CC2)cc1. The molecule has 6 nitrogen and oxygen atoms in total. The number of hydrogen-bond donors (Lipinski definition) is 0.